The molecule has 2 aromatic carbocycles. The number of carboxylic acid groups (broad SMARTS) is 1. The Labute approximate surface area is 172 Å². The molecule has 0 fully saturated rings. The number of carbonyl (C=O) groups is 2. The molecule has 0 aliphatic rings. The van der Waals surface area contributed by atoms with Crippen LogP contribution in [0.1, 0.15) is 29.4 Å². The molecule has 0 saturated carbocycles. The lowest BCUT2D eigenvalue weighted by Gasteiger charge is -2.15. The van der Waals surface area contributed by atoms with E-state index in [9.17, 15) is 14.7 Å². The van der Waals surface area contributed by atoms with E-state index in [1.807, 2.05) is 28.8 Å². The number of nitrogens with zero attached hydrogens (tertiary/aromatic N) is 1. The molecule has 1 heterocycles. The highest BCUT2D eigenvalue weighted by molar-refractivity contribution is 6.30. The van der Waals surface area contributed by atoms with Crippen LogP contribution in [-0.2, 0) is 16.0 Å². The summed E-state index contributed by atoms with van der Waals surface area (Å²) in [4.78, 5) is 23.0. The Morgan fingerprint density at radius 2 is 1.79 bits per heavy atom. The Morgan fingerprint density at radius 1 is 1.07 bits per heavy atom. The highest BCUT2D eigenvalue weighted by Gasteiger charge is 2.17. The Bertz CT molecular complexity index is 1040. The summed E-state index contributed by atoms with van der Waals surface area (Å²) in [7, 11) is 0. The van der Waals surface area contributed by atoms with Crippen molar-refractivity contribution in [1.29, 1.82) is 0 Å². The third kappa shape index (κ3) is 4.60. The number of halogens is 1. The first-order valence-corrected chi connectivity index (χ1v) is 9.47. The minimum Gasteiger partial charge on any atom is -0.507 e. The summed E-state index contributed by atoms with van der Waals surface area (Å²) in [5, 5.41) is 20.0. The lowest BCUT2D eigenvalue weighted by molar-refractivity contribution is -0.136. The van der Waals surface area contributed by atoms with Crippen LogP contribution < -0.4 is 0 Å². The monoisotopic (exact) mass is 413 g/mol. The smallest absolute Gasteiger partial charge is 0.341 e. The number of phenols is 1. The van der Waals surface area contributed by atoms with Crippen LogP contribution in [0.5, 0.6) is 5.75 Å². The molecule has 0 spiro atoms. The summed E-state index contributed by atoms with van der Waals surface area (Å²) in [6.07, 6.45) is 0.278. The van der Waals surface area contributed by atoms with E-state index < -0.39 is 11.9 Å². The van der Waals surface area contributed by atoms with Crippen LogP contribution in [0.25, 0.3) is 16.9 Å². The van der Waals surface area contributed by atoms with E-state index in [1.165, 1.54) is 12.1 Å². The van der Waals surface area contributed by atoms with Gasteiger partial charge in [0.1, 0.15) is 11.3 Å². The fourth-order valence-corrected chi connectivity index (χ4v) is 3.23. The molecule has 6 nitrogen and oxygen atoms in total. The maximum Gasteiger partial charge on any atom is 0.341 e. The normalized spacial score (nSPS) is 10.7. The van der Waals surface area contributed by atoms with Gasteiger partial charge < -0.3 is 19.5 Å². The molecule has 3 rings (SSSR count). The van der Waals surface area contributed by atoms with Crippen LogP contribution in [0, 0.1) is 0 Å². The molecule has 0 aliphatic heterocycles. The third-order valence-electron chi connectivity index (χ3n) is 4.43. The number of aromatic hydroxyl groups is 1. The van der Waals surface area contributed by atoms with E-state index in [0.717, 1.165) is 17.0 Å². The number of hydrogen-bond donors (Lipinski definition) is 2. The first-order valence-electron chi connectivity index (χ1n) is 9.09. The van der Waals surface area contributed by atoms with E-state index in [2.05, 4.69) is 0 Å². The van der Waals surface area contributed by atoms with Gasteiger partial charge in [-0.25, -0.2) is 4.79 Å². The van der Waals surface area contributed by atoms with Gasteiger partial charge in [0.05, 0.1) is 18.7 Å². The minimum atomic E-state index is -0.897. The number of ether oxygens (including phenoxy) is 1. The van der Waals surface area contributed by atoms with Crippen molar-refractivity contribution in [2.45, 2.75) is 19.8 Å². The van der Waals surface area contributed by atoms with Gasteiger partial charge in [-0.05, 0) is 55.3 Å². The summed E-state index contributed by atoms with van der Waals surface area (Å²) < 4.78 is 6.81. The molecule has 1 aromatic heterocycles. The molecular formula is C22H20ClNO5. The minimum absolute atomic E-state index is 0.0308. The molecule has 150 valence electrons. The van der Waals surface area contributed by atoms with Crippen LogP contribution >= 0.6 is 11.6 Å². The van der Waals surface area contributed by atoms with Gasteiger partial charge in [0.2, 0.25) is 0 Å². The van der Waals surface area contributed by atoms with Crippen molar-refractivity contribution in [2.24, 2.45) is 0 Å². The number of hydrogen-bond acceptors (Lipinski definition) is 4. The predicted octanol–water partition coefficient (Wildman–Crippen LogP) is 4.70. The average Bonchev–Trinajstić information content (AvgIpc) is 3.11. The number of benzene rings is 2. The van der Waals surface area contributed by atoms with Crippen LogP contribution in [0.15, 0.2) is 54.6 Å². The molecule has 0 atom stereocenters. The molecule has 0 saturated heterocycles. The first kappa shape index (κ1) is 20.5. The predicted molar refractivity (Wildman–Crippen MR) is 110 cm³/mol. The van der Waals surface area contributed by atoms with Crippen LogP contribution in [0.4, 0.5) is 0 Å². The number of phenolic OH excluding ortho intramolecular Hbond substituents is 1. The second-order valence-electron chi connectivity index (χ2n) is 6.37. The second kappa shape index (κ2) is 8.84. The van der Waals surface area contributed by atoms with Crippen molar-refractivity contribution in [3.05, 3.63) is 70.9 Å². The van der Waals surface area contributed by atoms with E-state index in [1.54, 1.807) is 25.1 Å². The van der Waals surface area contributed by atoms with Crippen LogP contribution in [0.2, 0.25) is 5.02 Å². The standard InChI is InChI=1S/C22H20ClNO5/c1-2-29-22(28)18-10-7-17(13-20(18)25)24-16(9-12-21(26)27)8-11-19(24)14-3-5-15(23)6-4-14/h3-8,10-11,13,25H,2,9,12H2,1H3,(H,26,27). The maximum atomic E-state index is 12.0. The summed E-state index contributed by atoms with van der Waals surface area (Å²) in [6, 6.07) is 15.7. The fraction of sp³-hybridized carbons (Fsp3) is 0.182. The molecule has 3 aromatic rings. The summed E-state index contributed by atoms with van der Waals surface area (Å²) in [6.45, 7) is 1.90. The van der Waals surface area contributed by atoms with Crippen molar-refractivity contribution in [2.75, 3.05) is 6.61 Å². The van der Waals surface area contributed by atoms with Gasteiger partial charge >= 0.3 is 11.9 Å². The molecular weight excluding hydrogens is 394 g/mol. The van der Waals surface area contributed by atoms with Crippen LogP contribution in [0.3, 0.4) is 0 Å². The largest absolute Gasteiger partial charge is 0.507 e. The van der Waals surface area contributed by atoms with Crippen molar-refractivity contribution in [1.82, 2.24) is 4.57 Å². The van der Waals surface area contributed by atoms with Gasteiger partial charge in [-0.3, -0.25) is 4.79 Å². The summed E-state index contributed by atoms with van der Waals surface area (Å²) in [5.74, 6) is -1.71. The number of aryl methyl sites for hydroxylation is 1. The SMILES string of the molecule is CCOC(=O)c1ccc(-n2c(CCC(=O)O)ccc2-c2ccc(Cl)cc2)cc1O. The van der Waals surface area contributed by atoms with Gasteiger partial charge in [0.25, 0.3) is 0 Å². The van der Waals surface area contributed by atoms with Gasteiger partial charge in [-0.15, -0.1) is 0 Å². The van der Waals surface area contributed by atoms with Crippen LogP contribution in [-0.4, -0.2) is 33.3 Å². The van der Waals surface area contributed by atoms with Gasteiger partial charge in [-0.1, -0.05) is 23.7 Å². The van der Waals surface area contributed by atoms with Crippen molar-refractivity contribution in [3.63, 3.8) is 0 Å². The zero-order valence-electron chi connectivity index (χ0n) is 15.8. The lowest BCUT2D eigenvalue weighted by atomic mass is 10.1. The number of rotatable bonds is 7. The Morgan fingerprint density at radius 3 is 2.41 bits per heavy atom. The average molecular weight is 414 g/mol. The van der Waals surface area contributed by atoms with E-state index in [4.69, 9.17) is 21.4 Å². The molecule has 7 heteroatoms. The molecule has 0 amide bonds. The quantitative estimate of drug-likeness (QED) is 0.548. The maximum absolute atomic E-state index is 12.0. The summed E-state index contributed by atoms with van der Waals surface area (Å²) in [5.41, 5.74) is 3.13. The third-order valence-corrected chi connectivity index (χ3v) is 4.68. The number of aliphatic carboxylic acids is 1. The zero-order valence-corrected chi connectivity index (χ0v) is 16.5. The Kier molecular flexibility index (Phi) is 6.24. The molecule has 0 bridgehead atoms. The van der Waals surface area contributed by atoms with Crippen molar-refractivity contribution < 1.29 is 24.5 Å². The Balaban J connectivity index is 2.09. The van der Waals surface area contributed by atoms with Gasteiger partial charge in [0, 0.05) is 22.5 Å². The fourth-order valence-electron chi connectivity index (χ4n) is 3.10. The second-order valence-corrected chi connectivity index (χ2v) is 6.80. The summed E-state index contributed by atoms with van der Waals surface area (Å²) >= 11 is 5.99. The van der Waals surface area contributed by atoms with Crippen molar-refractivity contribution in [3.8, 4) is 22.7 Å². The topological polar surface area (TPSA) is 88.8 Å². The molecule has 0 aliphatic carbocycles. The number of carbonyl (C=O) groups excluding carboxylic acids is 1. The highest BCUT2D eigenvalue weighted by atomic mass is 35.5. The Hall–Kier alpha value is -3.25. The zero-order chi connectivity index (χ0) is 21.0. The lowest BCUT2D eigenvalue weighted by Crippen LogP contribution is -2.08. The number of aromatic nitrogens is 1. The first-order chi connectivity index (χ1) is 13.9. The molecule has 2 N–H and O–H groups in total. The van der Waals surface area contributed by atoms with E-state index in [-0.39, 0.29) is 24.3 Å². The molecule has 0 unspecified atom stereocenters. The molecule has 0 radical (unpaired) electrons. The van der Waals surface area contributed by atoms with Gasteiger partial charge in [0.15, 0.2) is 0 Å². The highest BCUT2D eigenvalue weighted by Crippen LogP contribution is 2.31. The van der Waals surface area contributed by atoms with E-state index in [0.29, 0.717) is 17.1 Å². The van der Waals surface area contributed by atoms with Gasteiger partial charge in [-0.2, -0.15) is 0 Å². The number of esters is 1. The molecule has 29 heavy (non-hydrogen) atoms. The van der Waals surface area contributed by atoms with Crippen molar-refractivity contribution >= 4 is 23.5 Å². The number of carboxylic acids is 1. The van der Waals surface area contributed by atoms with E-state index >= 15 is 0 Å².